The van der Waals surface area contributed by atoms with Gasteiger partial charge in [-0.3, -0.25) is 0 Å². The summed E-state index contributed by atoms with van der Waals surface area (Å²) in [5.74, 6) is 1.15. The highest BCUT2D eigenvalue weighted by Gasteiger charge is 2.41. The third-order valence-electron chi connectivity index (χ3n) is 5.51. The molecule has 8 nitrogen and oxygen atoms in total. The molecule has 2 aliphatic rings. The molecule has 1 aromatic carbocycles. The lowest BCUT2D eigenvalue weighted by atomic mass is 10.1. The molecule has 0 amide bonds. The number of allylic oxidation sites excluding steroid dienone is 1. The minimum Gasteiger partial charge on any atom is -0.507 e. The first-order valence-corrected chi connectivity index (χ1v) is 9.83. The second kappa shape index (κ2) is 7.71. The van der Waals surface area contributed by atoms with Crippen molar-refractivity contribution < 1.29 is 5.11 Å². The average Bonchev–Trinajstić information content (AvgIpc) is 2.96. The van der Waals surface area contributed by atoms with E-state index in [1.165, 1.54) is 6.33 Å². The normalized spacial score (nSPS) is 21.3. The minimum atomic E-state index is 0.113. The molecule has 2 saturated heterocycles. The lowest BCUT2D eigenvalue weighted by Gasteiger charge is -2.43. The van der Waals surface area contributed by atoms with Gasteiger partial charge in [-0.15, -0.1) is 0 Å². The van der Waals surface area contributed by atoms with Crippen molar-refractivity contribution in [3.63, 3.8) is 0 Å². The predicted molar refractivity (Wildman–Crippen MR) is 114 cm³/mol. The van der Waals surface area contributed by atoms with Crippen molar-refractivity contribution in [3.8, 4) is 5.75 Å². The van der Waals surface area contributed by atoms with Crippen LogP contribution in [0.2, 0.25) is 5.15 Å². The van der Waals surface area contributed by atoms with Gasteiger partial charge >= 0.3 is 0 Å². The van der Waals surface area contributed by atoms with E-state index in [0.717, 1.165) is 31.7 Å². The zero-order valence-corrected chi connectivity index (χ0v) is 16.6. The molecule has 2 unspecified atom stereocenters. The van der Waals surface area contributed by atoms with Gasteiger partial charge in [0.15, 0.2) is 0 Å². The Morgan fingerprint density at radius 1 is 1.10 bits per heavy atom. The Kier molecular flexibility index (Phi) is 5.10. The summed E-state index contributed by atoms with van der Waals surface area (Å²) in [4.78, 5) is 12.8. The summed E-state index contributed by atoms with van der Waals surface area (Å²) in [6, 6.07) is 9.23. The van der Waals surface area contributed by atoms with Crippen LogP contribution >= 0.6 is 11.6 Å². The molecular formula is C20H24ClN7O. The van der Waals surface area contributed by atoms with E-state index in [1.807, 2.05) is 6.07 Å². The van der Waals surface area contributed by atoms with Gasteiger partial charge in [0.2, 0.25) is 0 Å². The average molecular weight is 414 g/mol. The summed E-state index contributed by atoms with van der Waals surface area (Å²) in [5.41, 5.74) is 19.9. The number of piperazine rings is 1. The van der Waals surface area contributed by atoms with E-state index < -0.39 is 0 Å². The number of halogens is 1. The zero-order chi connectivity index (χ0) is 20.5. The van der Waals surface area contributed by atoms with Crippen molar-refractivity contribution in [2.75, 3.05) is 18.0 Å². The molecule has 0 spiro atoms. The molecule has 2 bridgehead atoms. The minimum absolute atomic E-state index is 0.113. The number of hydrogen-bond acceptors (Lipinski definition) is 8. The second-order valence-electron chi connectivity index (χ2n) is 7.35. The fourth-order valence-electron chi connectivity index (χ4n) is 4.24. The van der Waals surface area contributed by atoms with Gasteiger partial charge in [0.1, 0.15) is 28.9 Å². The van der Waals surface area contributed by atoms with E-state index in [4.69, 9.17) is 28.8 Å². The quantitative estimate of drug-likeness (QED) is 0.439. The lowest BCUT2D eigenvalue weighted by Crippen LogP contribution is -2.54. The number of phenols is 1. The molecule has 2 atom stereocenters. The molecule has 2 aromatic rings. The van der Waals surface area contributed by atoms with Crippen LogP contribution in [0.4, 0.5) is 5.82 Å². The molecule has 0 radical (unpaired) electrons. The van der Waals surface area contributed by atoms with Crippen molar-refractivity contribution in [2.45, 2.75) is 24.9 Å². The molecule has 2 fully saturated rings. The van der Waals surface area contributed by atoms with Gasteiger partial charge in [-0.25, -0.2) is 9.97 Å². The number of aromatic nitrogens is 2. The summed E-state index contributed by atoms with van der Waals surface area (Å²) in [5, 5.41) is 10.5. The fraction of sp³-hybridized carbons (Fsp3) is 0.300. The van der Waals surface area contributed by atoms with Gasteiger partial charge < -0.3 is 32.1 Å². The molecule has 7 N–H and O–H groups in total. The van der Waals surface area contributed by atoms with Gasteiger partial charge in [-0.05, 0) is 31.1 Å². The van der Waals surface area contributed by atoms with Gasteiger partial charge in [0, 0.05) is 42.5 Å². The molecule has 9 heteroatoms. The molecule has 3 heterocycles. The number of likely N-dealkylation sites (tertiary alicyclic amines) is 1. The number of anilines is 1. The van der Waals surface area contributed by atoms with E-state index >= 15 is 0 Å². The monoisotopic (exact) mass is 413 g/mol. The Morgan fingerprint density at radius 2 is 1.79 bits per heavy atom. The smallest absolute Gasteiger partial charge is 0.134 e. The van der Waals surface area contributed by atoms with Crippen molar-refractivity contribution in [2.24, 2.45) is 17.2 Å². The number of nitrogens with two attached hydrogens (primary N) is 3. The number of aromatic hydroxyl groups is 1. The number of nitrogens with zero attached hydrogens (tertiary/aromatic N) is 4. The molecule has 4 rings (SSSR count). The number of hydrogen-bond donors (Lipinski definition) is 4. The van der Waals surface area contributed by atoms with Crippen molar-refractivity contribution >= 4 is 23.1 Å². The molecular weight excluding hydrogens is 390 g/mol. The summed E-state index contributed by atoms with van der Waals surface area (Å²) < 4.78 is 0. The van der Waals surface area contributed by atoms with E-state index in [9.17, 15) is 5.11 Å². The largest absolute Gasteiger partial charge is 0.507 e. The fourth-order valence-corrected chi connectivity index (χ4v) is 4.38. The van der Waals surface area contributed by atoms with Crippen molar-refractivity contribution in [1.29, 1.82) is 0 Å². The highest BCUT2D eigenvalue weighted by Crippen LogP contribution is 2.36. The van der Waals surface area contributed by atoms with E-state index in [-0.39, 0.29) is 23.7 Å². The predicted octanol–water partition coefficient (Wildman–Crippen LogP) is 1.57. The number of para-hydroxylation sites is 1. The van der Waals surface area contributed by atoms with Crippen LogP contribution in [0.15, 0.2) is 54.3 Å². The lowest BCUT2D eigenvalue weighted by molar-refractivity contribution is 0.276. The van der Waals surface area contributed by atoms with Crippen LogP contribution in [-0.4, -0.2) is 45.1 Å². The first-order valence-electron chi connectivity index (χ1n) is 9.45. The van der Waals surface area contributed by atoms with Gasteiger partial charge in [-0.2, -0.15) is 0 Å². The summed E-state index contributed by atoms with van der Waals surface area (Å²) in [7, 11) is 0. The highest BCUT2D eigenvalue weighted by molar-refractivity contribution is 6.29. The Morgan fingerprint density at radius 3 is 2.41 bits per heavy atom. The van der Waals surface area contributed by atoms with Crippen molar-refractivity contribution in [3.05, 3.63) is 65.0 Å². The SMILES string of the molecule is NC(N)=C(/C=C(\N)c1ccccc1O)N1CC2CCC(C1)N2c1cc(Cl)ncn1. The first-order chi connectivity index (χ1) is 13.9. The van der Waals surface area contributed by atoms with Crippen molar-refractivity contribution in [1.82, 2.24) is 14.9 Å². The Bertz CT molecular complexity index is 959. The molecule has 0 aliphatic carbocycles. The van der Waals surface area contributed by atoms with Crippen LogP contribution in [0, 0.1) is 0 Å². The maximum absolute atomic E-state index is 10.1. The highest BCUT2D eigenvalue weighted by atomic mass is 35.5. The third kappa shape index (κ3) is 3.75. The van der Waals surface area contributed by atoms with Gasteiger partial charge in [-0.1, -0.05) is 23.7 Å². The third-order valence-corrected chi connectivity index (χ3v) is 5.72. The van der Waals surface area contributed by atoms with E-state index in [0.29, 0.717) is 22.1 Å². The van der Waals surface area contributed by atoms with Crippen LogP contribution in [0.1, 0.15) is 18.4 Å². The molecule has 1 aromatic heterocycles. The maximum Gasteiger partial charge on any atom is 0.134 e. The maximum atomic E-state index is 10.1. The second-order valence-corrected chi connectivity index (χ2v) is 7.74. The van der Waals surface area contributed by atoms with Gasteiger partial charge in [0.05, 0.1) is 5.70 Å². The number of benzene rings is 1. The first kappa shape index (κ1) is 19.2. The standard InChI is InChI=1S/C20H24ClN7O/c21-18-8-19(26-11-25-18)28-12-5-6-13(28)10-27(9-12)16(20(23)24)7-15(22)14-3-1-2-4-17(14)29/h1-4,7-8,11-13,29H,5-6,9-10,22-24H2/b15-7-. The number of phenolic OH excluding ortho intramolecular Hbond substituents is 1. The van der Waals surface area contributed by atoms with E-state index in [1.54, 1.807) is 30.3 Å². The summed E-state index contributed by atoms with van der Waals surface area (Å²) in [6.07, 6.45) is 5.31. The van der Waals surface area contributed by atoms with Crippen LogP contribution in [0.5, 0.6) is 5.75 Å². The topological polar surface area (TPSA) is 131 Å². The number of rotatable bonds is 4. The molecule has 152 valence electrons. The Balaban J connectivity index is 1.59. The molecule has 0 saturated carbocycles. The zero-order valence-electron chi connectivity index (χ0n) is 15.9. The molecule has 29 heavy (non-hydrogen) atoms. The van der Waals surface area contributed by atoms with Crippen LogP contribution in [0.25, 0.3) is 5.70 Å². The van der Waals surface area contributed by atoms with Gasteiger partial charge in [0.25, 0.3) is 0 Å². The number of fused-ring (bicyclic) bond motifs is 2. The Labute approximate surface area is 174 Å². The molecule has 2 aliphatic heterocycles. The Hall–Kier alpha value is -3.13. The van der Waals surface area contributed by atoms with Crippen LogP contribution in [-0.2, 0) is 0 Å². The van der Waals surface area contributed by atoms with E-state index in [2.05, 4.69) is 19.8 Å². The summed E-state index contributed by atoms with van der Waals surface area (Å²) >= 11 is 6.06. The summed E-state index contributed by atoms with van der Waals surface area (Å²) in [6.45, 7) is 1.46. The van der Waals surface area contributed by atoms with Crippen LogP contribution in [0.3, 0.4) is 0 Å². The van der Waals surface area contributed by atoms with Crippen LogP contribution < -0.4 is 22.1 Å².